The van der Waals surface area contributed by atoms with E-state index in [4.69, 9.17) is 0 Å². The number of aromatic nitrogens is 1. The van der Waals surface area contributed by atoms with E-state index < -0.39 is 0 Å². The van der Waals surface area contributed by atoms with Crippen LogP contribution in [0.25, 0.3) is 0 Å². The summed E-state index contributed by atoms with van der Waals surface area (Å²) in [6.45, 7) is 5.40. The molecule has 0 aromatic carbocycles. The third-order valence-corrected chi connectivity index (χ3v) is 2.85. The number of halogens is 3. The Balaban J connectivity index is 0.00000112. The molecule has 0 radical (unpaired) electrons. The van der Waals surface area contributed by atoms with Crippen LogP contribution in [0.2, 0.25) is 0 Å². The zero-order valence-corrected chi connectivity index (χ0v) is 12.1. The van der Waals surface area contributed by atoms with Crippen LogP contribution < -0.4 is 5.32 Å². The Kier molecular flexibility index (Phi) is 8.32. The molecule has 2 heterocycles. The first kappa shape index (κ1) is 16.1. The molecule has 0 aliphatic carbocycles. The van der Waals surface area contributed by atoms with Crippen molar-refractivity contribution >= 4 is 40.7 Å². The zero-order valence-electron chi connectivity index (χ0n) is 8.86. The van der Waals surface area contributed by atoms with Gasteiger partial charge in [-0.3, -0.25) is 9.88 Å². The lowest BCUT2D eigenvalue weighted by Gasteiger charge is -2.26. The lowest BCUT2D eigenvalue weighted by atomic mass is 10.3. The molecule has 0 amide bonds. The van der Waals surface area contributed by atoms with E-state index in [0.29, 0.717) is 0 Å². The Bertz CT molecular complexity index is 289. The minimum atomic E-state index is 0. The molecule has 0 saturated carbocycles. The summed E-state index contributed by atoms with van der Waals surface area (Å²) in [7, 11) is 0. The van der Waals surface area contributed by atoms with Crippen LogP contribution in [-0.2, 0) is 6.54 Å². The smallest absolute Gasteiger partial charge is 0.0544 e. The fourth-order valence-electron chi connectivity index (χ4n) is 1.60. The number of hydrogen-bond donors (Lipinski definition) is 1. The van der Waals surface area contributed by atoms with E-state index in [-0.39, 0.29) is 24.8 Å². The highest BCUT2D eigenvalue weighted by molar-refractivity contribution is 9.10. The normalized spacial score (nSPS) is 16.1. The summed E-state index contributed by atoms with van der Waals surface area (Å²) in [6, 6.07) is 4.12. The SMILES string of the molecule is Brc1ccc(CN2CCNCC2)nc1.Cl.Cl. The lowest BCUT2D eigenvalue weighted by Crippen LogP contribution is -2.43. The molecule has 2 rings (SSSR count). The van der Waals surface area contributed by atoms with Crippen molar-refractivity contribution in [3.63, 3.8) is 0 Å². The molecule has 0 unspecified atom stereocenters. The van der Waals surface area contributed by atoms with E-state index in [1.165, 1.54) is 0 Å². The second-order valence-electron chi connectivity index (χ2n) is 3.49. The predicted octanol–water partition coefficient (Wildman–Crippen LogP) is 2.09. The summed E-state index contributed by atoms with van der Waals surface area (Å²) in [5, 5.41) is 3.34. The molecular formula is C10H16BrCl2N3. The van der Waals surface area contributed by atoms with Gasteiger partial charge in [-0.15, -0.1) is 24.8 Å². The summed E-state index contributed by atoms with van der Waals surface area (Å²) < 4.78 is 1.04. The topological polar surface area (TPSA) is 28.2 Å². The monoisotopic (exact) mass is 327 g/mol. The van der Waals surface area contributed by atoms with Gasteiger partial charge in [0, 0.05) is 43.4 Å². The summed E-state index contributed by atoms with van der Waals surface area (Å²) in [5.41, 5.74) is 1.15. The number of nitrogens with one attached hydrogen (secondary N) is 1. The molecular weight excluding hydrogens is 313 g/mol. The number of rotatable bonds is 2. The van der Waals surface area contributed by atoms with Crippen LogP contribution in [-0.4, -0.2) is 36.1 Å². The van der Waals surface area contributed by atoms with Gasteiger partial charge in [0.05, 0.1) is 5.69 Å². The molecule has 6 heteroatoms. The lowest BCUT2D eigenvalue weighted by molar-refractivity contribution is 0.230. The summed E-state index contributed by atoms with van der Waals surface area (Å²) >= 11 is 3.38. The van der Waals surface area contributed by atoms with Crippen LogP contribution in [0, 0.1) is 0 Å². The van der Waals surface area contributed by atoms with Crippen LogP contribution in [0.3, 0.4) is 0 Å². The van der Waals surface area contributed by atoms with Crippen LogP contribution >= 0.6 is 40.7 Å². The summed E-state index contributed by atoms with van der Waals surface area (Å²) in [4.78, 5) is 6.79. The van der Waals surface area contributed by atoms with E-state index >= 15 is 0 Å². The number of hydrogen-bond acceptors (Lipinski definition) is 3. The van der Waals surface area contributed by atoms with Gasteiger partial charge in [0.25, 0.3) is 0 Å². The van der Waals surface area contributed by atoms with E-state index in [0.717, 1.165) is 42.9 Å². The highest BCUT2D eigenvalue weighted by Gasteiger charge is 2.09. The van der Waals surface area contributed by atoms with Crippen LogP contribution in [0.15, 0.2) is 22.8 Å². The number of piperazine rings is 1. The van der Waals surface area contributed by atoms with Gasteiger partial charge in [-0.2, -0.15) is 0 Å². The molecule has 1 N–H and O–H groups in total. The van der Waals surface area contributed by atoms with Crippen molar-refractivity contribution in [3.8, 4) is 0 Å². The Morgan fingerprint density at radius 3 is 2.50 bits per heavy atom. The molecule has 0 spiro atoms. The number of nitrogens with zero attached hydrogens (tertiary/aromatic N) is 2. The minimum Gasteiger partial charge on any atom is -0.314 e. The van der Waals surface area contributed by atoms with Crippen molar-refractivity contribution in [2.75, 3.05) is 26.2 Å². The Hall–Kier alpha value is 0.130. The third kappa shape index (κ3) is 4.97. The maximum Gasteiger partial charge on any atom is 0.0544 e. The average molecular weight is 329 g/mol. The van der Waals surface area contributed by atoms with Gasteiger partial charge < -0.3 is 5.32 Å². The van der Waals surface area contributed by atoms with Crippen molar-refractivity contribution in [2.45, 2.75) is 6.54 Å². The summed E-state index contributed by atoms with van der Waals surface area (Å²) in [6.07, 6.45) is 1.86. The first-order valence-electron chi connectivity index (χ1n) is 4.88. The maximum absolute atomic E-state index is 4.36. The molecule has 92 valence electrons. The van der Waals surface area contributed by atoms with E-state index in [9.17, 15) is 0 Å². The van der Waals surface area contributed by atoms with E-state index in [1.807, 2.05) is 12.3 Å². The van der Waals surface area contributed by atoms with E-state index in [2.05, 4.69) is 37.2 Å². The molecule has 1 aliphatic heterocycles. The first-order chi connectivity index (χ1) is 6.84. The molecule has 1 fully saturated rings. The number of pyridine rings is 1. The highest BCUT2D eigenvalue weighted by atomic mass is 79.9. The van der Waals surface area contributed by atoms with Crippen molar-refractivity contribution in [1.82, 2.24) is 15.2 Å². The largest absolute Gasteiger partial charge is 0.314 e. The van der Waals surface area contributed by atoms with Gasteiger partial charge >= 0.3 is 0 Å². The highest BCUT2D eigenvalue weighted by Crippen LogP contribution is 2.09. The second-order valence-corrected chi connectivity index (χ2v) is 4.41. The van der Waals surface area contributed by atoms with E-state index in [1.54, 1.807) is 0 Å². The van der Waals surface area contributed by atoms with Gasteiger partial charge in [0.15, 0.2) is 0 Å². The van der Waals surface area contributed by atoms with Crippen molar-refractivity contribution in [2.24, 2.45) is 0 Å². The third-order valence-electron chi connectivity index (χ3n) is 2.38. The fourth-order valence-corrected chi connectivity index (χ4v) is 1.83. The van der Waals surface area contributed by atoms with Crippen molar-refractivity contribution in [1.29, 1.82) is 0 Å². The van der Waals surface area contributed by atoms with Crippen LogP contribution in [0.4, 0.5) is 0 Å². The predicted molar refractivity (Wildman–Crippen MR) is 74.6 cm³/mol. The molecule has 3 nitrogen and oxygen atoms in total. The molecule has 1 saturated heterocycles. The molecule has 1 aromatic rings. The Morgan fingerprint density at radius 1 is 1.25 bits per heavy atom. The van der Waals surface area contributed by atoms with Gasteiger partial charge in [0.2, 0.25) is 0 Å². The second kappa shape index (κ2) is 8.25. The van der Waals surface area contributed by atoms with Gasteiger partial charge in [-0.05, 0) is 28.1 Å². The molecule has 16 heavy (non-hydrogen) atoms. The maximum atomic E-state index is 4.36. The molecule has 0 atom stereocenters. The van der Waals surface area contributed by atoms with Crippen LogP contribution in [0.1, 0.15) is 5.69 Å². The Morgan fingerprint density at radius 2 is 1.94 bits per heavy atom. The quantitative estimate of drug-likeness (QED) is 0.901. The van der Waals surface area contributed by atoms with Gasteiger partial charge in [-0.1, -0.05) is 0 Å². The molecule has 0 bridgehead atoms. The standard InChI is InChI=1S/C10H14BrN3.2ClH/c11-9-1-2-10(13-7-9)8-14-5-3-12-4-6-14;;/h1-2,7,12H,3-6,8H2;2*1H. The Labute approximate surface area is 117 Å². The summed E-state index contributed by atoms with van der Waals surface area (Å²) in [5.74, 6) is 0. The fraction of sp³-hybridized carbons (Fsp3) is 0.500. The van der Waals surface area contributed by atoms with Gasteiger partial charge in [0.1, 0.15) is 0 Å². The van der Waals surface area contributed by atoms with Gasteiger partial charge in [-0.25, -0.2) is 0 Å². The van der Waals surface area contributed by atoms with Crippen molar-refractivity contribution < 1.29 is 0 Å². The molecule has 1 aromatic heterocycles. The zero-order chi connectivity index (χ0) is 9.80. The van der Waals surface area contributed by atoms with Crippen molar-refractivity contribution in [3.05, 3.63) is 28.5 Å². The first-order valence-corrected chi connectivity index (χ1v) is 5.67. The minimum absolute atomic E-state index is 0. The molecule has 1 aliphatic rings. The average Bonchev–Trinajstić information content (AvgIpc) is 2.23. The van der Waals surface area contributed by atoms with Crippen LogP contribution in [0.5, 0.6) is 0 Å².